The van der Waals surface area contributed by atoms with Crippen LogP contribution in [-0.4, -0.2) is 17.5 Å². The van der Waals surface area contributed by atoms with Crippen LogP contribution in [0.1, 0.15) is 0 Å². The van der Waals surface area contributed by atoms with Crippen molar-refractivity contribution in [2.45, 2.75) is 0 Å². The van der Waals surface area contributed by atoms with Gasteiger partial charge in [-0.15, -0.1) is 11.8 Å². The minimum atomic E-state index is 0.131. The Morgan fingerprint density at radius 1 is 1.75 bits per heavy atom. The van der Waals surface area contributed by atoms with Gasteiger partial charge < -0.3 is 5.11 Å². The van der Waals surface area contributed by atoms with Gasteiger partial charge in [0.15, 0.2) is 0 Å². The first-order chi connectivity index (χ1) is 3.81. The monoisotopic (exact) mass is 172 g/mol. The van der Waals surface area contributed by atoms with Crippen LogP contribution in [0, 0.1) is 0 Å². The molecule has 1 N–H and O–H groups in total. The predicted octanol–water partition coefficient (Wildman–Crippen LogP) is 1.99. The number of hydrogen-bond donors (Lipinski definition) is 1. The molecule has 0 rings (SSSR count). The van der Waals surface area contributed by atoms with Crippen molar-refractivity contribution in [2.24, 2.45) is 0 Å². The average molecular weight is 173 g/mol. The Kier molecular flexibility index (Phi) is 6.21. The van der Waals surface area contributed by atoms with Crippen LogP contribution in [-0.2, 0) is 0 Å². The Bertz CT molecular complexity index is 84.1. The lowest BCUT2D eigenvalue weighted by Gasteiger charge is -1.90. The third kappa shape index (κ3) is 4.78. The Labute approximate surface area is 62.7 Å². The van der Waals surface area contributed by atoms with Crippen molar-refractivity contribution in [1.82, 2.24) is 0 Å². The van der Waals surface area contributed by atoms with Crippen LogP contribution in [0.3, 0.4) is 0 Å². The maximum absolute atomic E-state index is 8.26. The molecule has 0 aliphatic carbocycles. The van der Waals surface area contributed by atoms with E-state index in [9.17, 15) is 0 Å². The lowest BCUT2D eigenvalue weighted by atomic mass is 10.9. The third-order valence-corrected chi connectivity index (χ3v) is 2.09. The highest BCUT2D eigenvalue weighted by Crippen LogP contribution is 2.19. The molecule has 0 aromatic carbocycles. The molecule has 0 amide bonds. The van der Waals surface area contributed by atoms with Gasteiger partial charge in [0.05, 0.1) is 11.0 Å². The first-order valence-electron chi connectivity index (χ1n) is 2.00. The summed E-state index contributed by atoms with van der Waals surface area (Å²) in [5, 5.41) is 8.26. The molecule has 0 aliphatic heterocycles. The molecule has 0 atom stereocenters. The van der Waals surface area contributed by atoms with Crippen molar-refractivity contribution in [2.75, 3.05) is 12.4 Å². The van der Waals surface area contributed by atoms with Gasteiger partial charge in [0.1, 0.15) is 0 Å². The molecule has 0 bridgehead atoms. The predicted molar refractivity (Wildman–Crippen MR) is 39.3 cm³/mol. The van der Waals surface area contributed by atoms with E-state index in [1.807, 2.05) is 0 Å². The van der Waals surface area contributed by atoms with Crippen molar-refractivity contribution in [3.05, 3.63) is 9.90 Å². The Morgan fingerprint density at radius 3 is 2.75 bits per heavy atom. The van der Waals surface area contributed by atoms with Crippen LogP contribution < -0.4 is 0 Å². The molecule has 4 heteroatoms. The van der Waals surface area contributed by atoms with E-state index in [1.54, 1.807) is 0 Å². The van der Waals surface area contributed by atoms with E-state index in [0.29, 0.717) is 10.1 Å². The standard InChI is InChI=1S/C4H6Cl2OS/c5-3-4(6)8-2-1-7/h3,7H,1-2H2. The highest BCUT2D eigenvalue weighted by molar-refractivity contribution is 8.04. The van der Waals surface area contributed by atoms with E-state index in [-0.39, 0.29) is 6.61 Å². The molecule has 0 saturated heterocycles. The molecule has 0 aliphatic rings. The van der Waals surface area contributed by atoms with Crippen molar-refractivity contribution in [3.63, 3.8) is 0 Å². The van der Waals surface area contributed by atoms with E-state index in [0.717, 1.165) is 0 Å². The summed E-state index contributed by atoms with van der Waals surface area (Å²) in [6, 6.07) is 0. The van der Waals surface area contributed by atoms with Crippen LogP contribution >= 0.6 is 35.0 Å². The quantitative estimate of drug-likeness (QED) is 0.704. The summed E-state index contributed by atoms with van der Waals surface area (Å²) in [5.74, 6) is 0.599. The molecule has 1 nitrogen and oxygen atoms in total. The van der Waals surface area contributed by atoms with Gasteiger partial charge in [-0.1, -0.05) is 23.2 Å². The van der Waals surface area contributed by atoms with Crippen LogP contribution in [0.25, 0.3) is 0 Å². The second-order valence-corrected chi connectivity index (χ2v) is 2.97. The molecular weight excluding hydrogens is 167 g/mol. The fourth-order valence-corrected chi connectivity index (χ4v) is 0.944. The van der Waals surface area contributed by atoms with Gasteiger partial charge in [-0.3, -0.25) is 0 Å². The molecule has 48 valence electrons. The highest BCUT2D eigenvalue weighted by Gasteiger charge is 1.88. The largest absolute Gasteiger partial charge is 0.396 e. The number of thioether (sulfide) groups is 1. The summed E-state index contributed by atoms with van der Waals surface area (Å²) in [6.07, 6.45) is 0. The number of halogens is 2. The minimum Gasteiger partial charge on any atom is -0.396 e. The fourth-order valence-electron chi connectivity index (χ4n) is 0.175. The Morgan fingerprint density at radius 2 is 2.38 bits per heavy atom. The van der Waals surface area contributed by atoms with Gasteiger partial charge in [-0.25, -0.2) is 0 Å². The van der Waals surface area contributed by atoms with Gasteiger partial charge >= 0.3 is 0 Å². The zero-order valence-corrected chi connectivity index (χ0v) is 6.43. The zero-order chi connectivity index (χ0) is 6.41. The van der Waals surface area contributed by atoms with Crippen LogP contribution in [0.4, 0.5) is 0 Å². The van der Waals surface area contributed by atoms with Gasteiger partial charge in [-0.2, -0.15) is 0 Å². The molecule has 0 heterocycles. The highest BCUT2D eigenvalue weighted by atomic mass is 35.5. The summed E-state index contributed by atoms with van der Waals surface area (Å²) in [7, 11) is 0. The lowest BCUT2D eigenvalue weighted by molar-refractivity contribution is 0.322. The van der Waals surface area contributed by atoms with E-state index in [2.05, 4.69) is 0 Å². The number of rotatable bonds is 3. The molecule has 0 radical (unpaired) electrons. The SMILES string of the molecule is OCCSC(Cl)=CCl. The number of aliphatic hydroxyl groups excluding tert-OH is 1. The van der Waals surface area contributed by atoms with Crippen LogP contribution in [0.5, 0.6) is 0 Å². The normalized spacial score (nSPS) is 12.1. The molecule has 8 heavy (non-hydrogen) atoms. The topological polar surface area (TPSA) is 20.2 Å². The van der Waals surface area contributed by atoms with Crippen LogP contribution in [0.2, 0.25) is 0 Å². The lowest BCUT2D eigenvalue weighted by Crippen LogP contribution is -1.83. The molecule has 0 unspecified atom stereocenters. The van der Waals surface area contributed by atoms with Gasteiger partial charge in [0.25, 0.3) is 0 Å². The second-order valence-electron chi connectivity index (χ2n) is 0.985. The van der Waals surface area contributed by atoms with Crippen molar-refractivity contribution >= 4 is 35.0 Å². The molecule has 0 spiro atoms. The first-order valence-corrected chi connectivity index (χ1v) is 3.80. The van der Waals surface area contributed by atoms with Crippen molar-refractivity contribution in [1.29, 1.82) is 0 Å². The molecule has 0 saturated carbocycles. The summed E-state index contributed by atoms with van der Waals surface area (Å²) in [4.78, 5) is 0. The number of hydrogen-bond acceptors (Lipinski definition) is 2. The molecule has 0 aromatic heterocycles. The van der Waals surface area contributed by atoms with Gasteiger partial charge in [0.2, 0.25) is 0 Å². The molecule has 0 aromatic rings. The first kappa shape index (κ1) is 8.63. The minimum absolute atomic E-state index is 0.131. The Balaban J connectivity index is 3.12. The van der Waals surface area contributed by atoms with Crippen LogP contribution in [0.15, 0.2) is 9.90 Å². The maximum atomic E-state index is 8.26. The fraction of sp³-hybridized carbons (Fsp3) is 0.500. The third-order valence-electron chi connectivity index (χ3n) is 0.417. The smallest absolute Gasteiger partial charge is 0.0848 e. The van der Waals surface area contributed by atoms with E-state index < -0.39 is 0 Å². The second kappa shape index (κ2) is 5.76. The van der Waals surface area contributed by atoms with Crippen molar-refractivity contribution < 1.29 is 5.11 Å². The van der Waals surface area contributed by atoms with Crippen molar-refractivity contribution in [3.8, 4) is 0 Å². The maximum Gasteiger partial charge on any atom is 0.0848 e. The number of aliphatic hydroxyl groups is 1. The van der Waals surface area contributed by atoms with E-state index in [4.69, 9.17) is 28.3 Å². The molecule has 0 fully saturated rings. The zero-order valence-electron chi connectivity index (χ0n) is 4.10. The summed E-state index contributed by atoms with van der Waals surface area (Å²) in [5.41, 5.74) is 1.28. The van der Waals surface area contributed by atoms with Gasteiger partial charge in [-0.05, 0) is 0 Å². The van der Waals surface area contributed by atoms with E-state index in [1.165, 1.54) is 17.3 Å². The summed E-state index contributed by atoms with van der Waals surface area (Å²) < 4.78 is 0.515. The molecular formula is C4H6Cl2OS. The summed E-state index contributed by atoms with van der Waals surface area (Å²) in [6.45, 7) is 0.131. The van der Waals surface area contributed by atoms with E-state index >= 15 is 0 Å². The Hall–Kier alpha value is 0.630. The van der Waals surface area contributed by atoms with Gasteiger partial charge in [0, 0.05) is 11.3 Å². The summed E-state index contributed by atoms with van der Waals surface area (Å²) >= 11 is 11.9. The average Bonchev–Trinajstić information content (AvgIpc) is 1.83.